The summed E-state index contributed by atoms with van der Waals surface area (Å²) in [6, 6.07) is 6.57. The Morgan fingerprint density at radius 3 is 2.78 bits per heavy atom. The Hall–Kier alpha value is -1.52. The number of rotatable bonds is 3. The van der Waals surface area contributed by atoms with Gasteiger partial charge in [-0.15, -0.1) is 0 Å². The Morgan fingerprint density at radius 1 is 1.39 bits per heavy atom. The van der Waals surface area contributed by atoms with E-state index in [9.17, 15) is 4.79 Å². The van der Waals surface area contributed by atoms with Crippen molar-refractivity contribution in [1.29, 1.82) is 0 Å². The Bertz CT molecular complexity index is 608. The van der Waals surface area contributed by atoms with E-state index in [1.807, 2.05) is 0 Å². The average molecular weight is 285 g/mol. The van der Waals surface area contributed by atoms with Crippen LogP contribution >= 0.6 is 23.2 Å². The minimum absolute atomic E-state index is 0.128. The Labute approximate surface area is 114 Å². The summed E-state index contributed by atoms with van der Waals surface area (Å²) < 4.78 is 1.40. The first-order chi connectivity index (χ1) is 8.47. The van der Waals surface area contributed by atoms with Gasteiger partial charge in [-0.25, -0.2) is 4.79 Å². The minimum atomic E-state index is -1.02. The number of carboxylic acid groups (broad SMARTS) is 1. The van der Waals surface area contributed by atoms with Gasteiger partial charge >= 0.3 is 5.97 Å². The van der Waals surface area contributed by atoms with E-state index in [0.717, 1.165) is 5.56 Å². The highest BCUT2D eigenvalue weighted by Gasteiger charge is 2.13. The second-order valence-electron chi connectivity index (χ2n) is 3.87. The fourth-order valence-corrected chi connectivity index (χ4v) is 2.04. The van der Waals surface area contributed by atoms with Crippen LogP contribution in [0.15, 0.2) is 24.3 Å². The van der Waals surface area contributed by atoms with Crippen molar-refractivity contribution in [2.45, 2.75) is 13.5 Å². The molecule has 94 valence electrons. The maximum absolute atomic E-state index is 11.1. The zero-order valence-electron chi connectivity index (χ0n) is 9.52. The van der Waals surface area contributed by atoms with Gasteiger partial charge in [-0.1, -0.05) is 23.2 Å². The van der Waals surface area contributed by atoms with Gasteiger partial charge in [0, 0.05) is 10.0 Å². The predicted molar refractivity (Wildman–Crippen MR) is 69.5 cm³/mol. The van der Waals surface area contributed by atoms with Gasteiger partial charge in [0.05, 0.1) is 12.2 Å². The van der Waals surface area contributed by atoms with Crippen LogP contribution in [-0.4, -0.2) is 20.9 Å². The Morgan fingerprint density at radius 2 is 2.11 bits per heavy atom. The zero-order valence-corrected chi connectivity index (χ0v) is 11.0. The number of carboxylic acids is 1. The van der Waals surface area contributed by atoms with E-state index in [4.69, 9.17) is 28.3 Å². The van der Waals surface area contributed by atoms with E-state index in [0.29, 0.717) is 15.7 Å². The predicted octanol–water partition coefficient (Wildman–Crippen LogP) is 3.24. The van der Waals surface area contributed by atoms with Crippen LogP contribution in [0.5, 0.6) is 0 Å². The SMILES string of the molecule is Cc1cc(C(=O)O)n(Cc2cc(Cl)ccc2Cl)n1. The summed E-state index contributed by atoms with van der Waals surface area (Å²) in [7, 11) is 0. The molecule has 6 heteroatoms. The van der Waals surface area contributed by atoms with E-state index in [2.05, 4.69) is 5.10 Å². The Kier molecular flexibility index (Phi) is 3.59. The van der Waals surface area contributed by atoms with Gasteiger partial charge in [0.2, 0.25) is 0 Å². The summed E-state index contributed by atoms with van der Waals surface area (Å²) in [5.41, 5.74) is 1.50. The normalized spacial score (nSPS) is 10.6. The minimum Gasteiger partial charge on any atom is -0.477 e. The van der Waals surface area contributed by atoms with Crippen LogP contribution in [0.25, 0.3) is 0 Å². The molecule has 0 radical (unpaired) electrons. The lowest BCUT2D eigenvalue weighted by atomic mass is 10.2. The molecular weight excluding hydrogens is 275 g/mol. The first-order valence-corrected chi connectivity index (χ1v) is 5.94. The van der Waals surface area contributed by atoms with Gasteiger partial charge < -0.3 is 5.11 Å². The molecular formula is C12H10Cl2N2O2. The highest BCUT2D eigenvalue weighted by Crippen LogP contribution is 2.22. The van der Waals surface area contributed by atoms with Gasteiger partial charge in [-0.2, -0.15) is 5.10 Å². The molecule has 1 aromatic carbocycles. The van der Waals surface area contributed by atoms with Gasteiger partial charge in [0.25, 0.3) is 0 Å². The number of carbonyl (C=O) groups is 1. The van der Waals surface area contributed by atoms with E-state index < -0.39 is 5.97 Å². The number of benzene rings is 1. The molecule has 0 atom stereocenters. The molecule has 18 heavy (non-hydrogen) atoms. The topological polar surface area (TPSA) is 55.1 Å². The van der Waals surface area contributed by atoms with E-state index in [-0.39, 0.29) is 12.2 Å². The highest BCUT2D eigenvalue weighted by atomic mass is 35.5. The molecule has 4 nitrogen and oxygen atoms in total. The van der Waals surface area contributed by atoms with Crippen LogP contribution in [0.4, 0.5) is 0 Å². The highest BCUT2D eigenvalue weighted by molar-refractivity contribution is 6.33. The molecule has 0 saturated heterocycles. The molecule has 0 fully saturated rings. The summed E-state index contributed by atoms with van der Waals surface area (Å²) in [6.45, 7) is 2.01. The third kappa shape index (κ3) is 2.66. The van der Waals surface area contributed by atoms with Crippen molar-refractivity contribution in [3.63, 3.8) is 0 Å². The molecule has 0 unspecified atom stereocenters. The summed E-state index contributed by atoms with van der Waals surface area (Å²) in [5, 5.41) is 14.3. The largest absolute Gasteiger partial charge is 0.477 e. The molecule has 0 saturated carbocycles. The molecule has 1 N–H and O–H groups in total. The van der Waals surface area contributed by atoms with Crippen molar-refractivity contribution in [3.8, 4) is 0 Å². The second-order valence-corrected chi connectivity index (χ2v) is 4.71. The third-order valence-electron chi connectivity index (χ3n) is 2.45. The number of hydrogen-bond acceptors (Lipinski definition) is 2. The number of aromatic carboxylic acids is 1. The van der Waals surface area contributed by atoms with Crippen LogP contribution in [0, 0.1) is 6.92 Å². The summed E-state index contributed by atoms with van der Waals surface area (Å²) in [4.78, 5) is 11.1. The first-order valence-electron chi connectivity index (χ1n) is 5.19. The van der Waals surface area contributed by atoms with Crippen molar-refractivity contribution in [2.24, 2.45) is 0 Å². The quantitative estimate of drug-likeness (QED) is 0.941. The van der Waals surface area contributed by atoms with E-state index in [1.54, 1.807) is 25.1 Å². The standard InChI is InChI=1S/C12H10Cl2N2O2/c1-7-4-11(12(17)18)16(15-7)6-8-5-9(13)2-3-10(8)14/h2-5H,6H2,1H3,(H,17,18). The van der Waals surface area contributed by atoms with Crippen LogP contribution in [0.1, 0.15) is 21.7 Å². The van der Waals surface area contributed by atoms with Crippen LogP contribution in [0.2, 0.25) is 10.0 Å². The third-order valence-corrected chi connectivity index (χ3v) is 3.05. The van der Waals surface area contributed by atoms with Gasteiger partial charge in [0.15, 0.2) is 0 Å². The van der Waals surface area contributed by atoms with Crippen molar-refractivity contribution in [2.75, 3.05) is 0 Å². The lowest BCUT2D eigenvalue weighted by Crippen LogP contribution is -2.11. The number of halogens is 2. The van der Waals surface area contributed by atoms with E-state index >= 15 is 0 Å². The lowest BCUT2D eigenvalue weighted by Gasteiger charge is -2.07. The fraction of sp³-hybridized carbons (Fsp3) is 0.167. The van der Waals surface area contributed by atoms with Gasteiger partial charge in [-0.05, 0) is 36.8 Å². The van der Waals surface area contributed by atoms with Gasteiger partial charge in [0.1, 0.15) is 5.69 Å². The molecule has 1 aromatic heterocycles. The van der Waals surface area contributed by atoms with E-state index in [1.165, 1.54) is 10.7 Å². The smallest absolute Gasteiger partial charge is 0.354 e. The number of hydrogen-bond donors (Lipinski definition) is 1. The number of aryl methyl sites for hydroxylation is 1. The molecule has 2 aromatic rings. The number of nitrogens with zero attached hydrogens (tertiary/aromatic N) is 2. The molecule has 2 rings (SSSR count). The number of aromatic nitrogens is 2. The molecule has 0 aliphatic carbocycles. The lowest BCUT2D eigenvalue weighted by molar-refractivity contribution is 0.0684. The first kappa shape index (κ1) is 12.9. The molecule has 0 aliphatic heterocycles. The summed E-state index contributed by atoms with van der Waals surface area (Å²) in [6.07, 6.45) is 0. The van der Waals surface area contributed by atoms with Crippen molar-refractivity contribution in [1.82, 2.24) is 9.78 Å². The molecule has 0 spiro atoms. The fourth-order valence-electron chi connectivity index (χ4n) is 1.66. The monoisotopic (exact) mass is 284 g/mol. The molecule has 0 aliphatic rings. The van der Waals surface area contributed by atoms with Crippen LogP contribution in [-0.2, 0) is 6.54 Å². The molecule has 0 amide bonds. The Balaban J connectivity index is 2.39. The van der Waals surface area contributed by atoms with Crippen LogP contribution < -0.4 is 0 Å². The summed E-state index contributed by atoms with van der Waals surface area (Å²) in [5.74, 6) is -1.02. The maximum atomic E-state index is 11.1. The van der Waals surface area contributed by atoms with Gasteiger partial charge in [-0.3, -0.25) is 4.68 Å². The average Bonchev–Trinajstić information content (AvgIpc) is 2.65. The van der Waals surface area contributed by atoms with Crippen molar-refractivity contribution in [3.05, 3.63) is 51.3 Å². The van der Waals surface area contributed by atoms with Crippen molar-refractivity contribution >= 4 is 29.2 Å². The molecule has 0 bridgehead atoms. The van der Waals surface area contributed by atoms with Crippen molar-refractivity contribution < 1.29 is 9.90 Å². The summed E-state index contributed by atoms with van der Waals surface area (Å²) >= 11 is 11.9. The molecule has 1 heterocycles. The second kappa shape index (κ2) is 5.00. The zero-order chi connectivity index (χ0) is 13.3. The maximum Gasteiger partial charge on any atom is 0.354 e. The van der Waals surface area contributed by atoms with Crippen LogP contribution in [0.3, 0.4) is 0 Å².